The van der Waals surface area contributed by atoms with Crippen LogP contribution in [0.2, 0.25) is 5.02 Å². The minimum Gasteiger partial charge on any atom is -0.384 e. The third kappa shape index (κ3) is 3.63. The summed E-state index contributed by atoms with van der Waals surface area (Å²) in [6.45, 7) is 4.40. The van der Waals surface area contributed by atoms with Crippen molar-refractivity contribution in [2.24, 2.45) is 5.92 Å². The molecular formula is C17H18BrClO. The summed E-state index contributed by atoms with van der Waals surface area (Å²) in [6, 6.07) is 13.7. The van der Waals surface area contributed by atoms with Crippen molar-refractivity contribution in [2.45, 2.75) is 26.4 Å². The van der Waals surface area contributed by atoms with Gasteiger partial charge in [-0.1, -0.05) is 61.8 Å². The van der Waals surface area contributed by atoms with E-state index in [0.29, 0.717) is 10.9 Å². The summed E-state index contributed by atoms with van der Waals surface area (Å²) in [5.74, 6) is 0.630. The third-order valence-electron chi connectivity index (χ3n) is 3.22. The average Bonchev–Trinajstić information content (AvgIpc) is 2.41. The van der Waals surface area contributed by atoms with Crippen LogP contribution in [0.1, 0.15) is 36.6 Å². The zero-order valence-corrected chi connectivity index (χ0v) is 13.9. The van der Waals surface area contributed by atoms with E-state index in [1.165, 1.54) is 5.56 Å². The van der Waals surface area contributed by atoms with Gasteiger partial charge in [0.25, 0.3) is 0 Å². The molecule has 0 amide bonds. The molecule has 0 aliphatic heterocycles. The van der Waals surface area contributed by atoms with Gasteiger partial charge in [0.05, 0.1) is 5.02 Å². The van der Waals surface area contributed by atoms with E-state index in [-0.39, 0.29) is 0 Å². The van der Waals surface area contributed by atoms with Crippen LogP contribution in [0.5, 0.6) is 0 Å². The minimum atomic E-state index is -0.701. The summed E-state index contributed by atoms with van der Waals surface area (Å²) in [4.78, 5) is 0. The van der Waals surface area contributed by atoms with Gasteiger partial charge in [-0.15, -0.1) is 0 Å². The number of rotatable bonds is 4. The monoisotopic (exact) mass is 352 g/mol. The van der Waals surface area contributed by atoms with Crippen molar-refractivity contribution in [3.05, 3.63) is 68.7 Å². The van der Waals surface area contributed by atoms with Crippen LogP contribution in [0.15, 0.2) is 46.9 Å². The van der Waals surface area contributed by atoms with Crippen molar-refractivity contribution in [3.8, 4) is 0 Å². The van der Waals surface area contributed by atoms with Crippen molar-refractivity contribution in [3.63, 3.8) is 0 Å². The molecule has 1 nitrogen and oxygen atoms in total. The lowest BCUT2D eigenvalue weighted by molar-refractivity contribution is 0.220. The normalized spacial score (nSPS) is 12.7. The Kier molecular flexibility index (Phi) is 5.25. The van der Waals surface area contributed by atoms with E-state index in [9.17, 15) is 5.11 Å². The molecule has 1 unspecified atom stereocenters. The van der Waals surface area contributed by atoms with Gasteiger partial charge >= 0.3 is 0 Å². The maximum Gasteiger partial charge on any atom is 0.106 e. The molecule has 1 atom stereocenters. The van der Waals surface area contributed by atoms with E-state index in [4.69, 9.17) is 11.6 Å². The first-order chi connectivity index (χ1) is 9.49. The molecule has 2 aromatic carbocycles. The van der Waals surface area contributed by atoms with Crippen LogP contribution in [0.25, 0.3) is 0 Å². The Morgan fingerprint density at radius 3 is 2.35 bits per heavy atom. The van der Waals surface area contributed by atoms with E-state index in [1.54, 1.807) is 0 Å². The molecule has 0 heterocycles. The second kappa shape index (κ2) is 6.75. The highest BCUT2D eigenvalue weighted by Gasteiger charge is 2.15. The molecule has 2 rings (SSSR count). The Labute approximate surface area is 133 Å². The number of halogens is 2. The Bertz CT molecular complexity index is 578. The van der Waals surface area contributed by atoms with Crippen molar-refractivity contribution >= 4 is 27.5 Å². The van der Waals surface area contributed by atoms with E-state index >= 15 is 0 Å². The van der Waals surface area contributed by atoms with Gasteiger partial charge in [0.15, 0.2) is 0 Å². The Balaban J connectivity index is 2.25. The lowest BCUT2D eigenvalue weighted by Gasteiger charge is -2.15. The molecule has 0 saturated heterocycles. The quantitative estimate of drug-likeness (QED) is 0.782. The fourth-order valence-electron chi connectivity index (χ4n) is 2.22. The Morgan fingerprint density at radius 1 is 1.10 bits per heavy atom. The molecule has 0 fully saturated rings. The van der Waals surface area contributed by atoms with Gasteiger partial charge < -0.3 is 5.11 Å². The molecule has 0 bridgehead atoms. The fraction of sp³-hybridized carbons (Fsp3) is 0.294. The predicted octanol–water partition coefficient (Wildman–Crippen LogP) is 5.38. The molecule has 0 aromatic heterocycles. The summed E-state index contributed by atoms with van der Waals surface area (Å²) >= 11 is 9.61. The van der Waals surface area contributed by atoms with Gasteiger partial charge in [-0.05, 0) is 45.5 Å². The third-order valence-corrected chi connectivity index (χ3v) is 4.53. The maximum absolute atomic E-state index is 10.5. The number of benzene rings is 2. The first kappa shape index (κ1) is 15.6. The van der Waals surface area contributed by atoms with Crippen molar-refractivity contribution in [1.82, 2.24) is 0 Å². The van der Waals surface area contributed by atoms with Crippen LogP contribution in [0.4, 0.5) is 0 Å². The molecule has 2 aromatic rings. The van der Waals surface area contributed by atoms with Crippen LogP contribution < -0.4 is 0 Å². The standard InChI is InChI=1S/C17H18BrClO/c1-11(2)10-12-6-8-13(9-7-12)17(20)14-4-3-5-15(18)16(14)19/h3-9,11,17,20H,10H2,1-2H3. The lowest BCUT2D eigenvalue weighted by atomic mass is 9.97. The molecule has 0 aliphatic carbocycles. The first-order valence-electron chi connectivity index (χ1n) is 6.70. The average molecular weight is 354 g/mol. The minimum absolute atomic E-state index is 0.561. The Morgan fingerprint density at radius 2 is 1.75 bits per heavy atom. The summed E-state index contributed by atoms with van der Waals surface area (Å²) in [5, 5.41) is 11.0. The molecular weight excluding hydrogens is 336 g/mol. The van der Waals surface area contributed by atoms with Gasteiger partial charge in [0.1, 0.15) is 6.10 Å². The topological polar surface area (TPSA) is 20.2 Å². The van der Waals surface area contributed by atoms with Gasteiger partial charge in [0.2, 0.25) is 0 Å². The zero-order chi connectivity index (χ0) is 14.7. The van der Waals surface area contributed by atoms with E-state index in [1.807, 2.05) is 30.3 Å². The number of aliphatic hydroxyl groups is 1. The largest absolute Gasteiger partial charge is 0.384 e. The van der Waals surface area contributed by atoms with Crippen molar-refractivity contribution in [1.29, 1.82) is 0 Å². The fourth-order valence-corrected chi connectivity index (χ4v) is 2.83. The summed E-state index contributed by atoms with van der Waals surface area (Å²) in [7, 11) is 0. The zero-order valence-electron chi connectivity index (χ0n) is 11.6. The smallest absolute Gasteiger partial charge is 0.106 e. The first-order valence-corrected chi connectivity index (χ1v) is 7.87. The van der Waals surface area contributed by atoms with Gasteiger partial charge in [-0.25, -0.2) is 0 Å². The van der Waals surface area contributed by atoms with Crippen LogP contribution in [0, 0.1) is 5.92 Å². The van der Waals surface area contributed by atoms with Gasteiger partial charge in [-0.2, -0.15) is 0 Å². The van der Waals surface area contributed by atoms with Gasteiger partial charge in [0, 0.05) is 10.0 Å². The van der Waals surface area contributed by atoms with Crippen molar-refractivity contribution < 1.29 is 5.11 Å². The highest BCUT2D eigenvalue weighted by Crippen LogP contribution is 2.33. The molecule has 0 aliphatic rings. The SMILES string of the molecule is CC(C)Cc1ccc(C(O)c2cccc(Br)c2Cl)cc1. The van der Waals surface area contributed by atoms with Crippen LogP contribution in [-0.2, 0) is 6.42 Å². The molecule has 106 valence electrons. The number of hydrogen-bond donors (Lipinski definition) is 1. The maximum atomic E-state index is 10.5. The number of hydrogen-bond acceptors (Lipinski definition) is 1. The highest BCUT2D eigenvalue weighted by molar-refractivity contribution is 9.10. The molecule has 1 N–H and O–H groups in total. The second-order valence-corrected chi connectivity index (χ2v) is 6.62. The molecule has 20 heavy (non-hydrogen) atoms. The predicted molar refractivity (Wildman–Crippen MR) is 88.2 cm³/mol. The molecule has 0 radical (unpaired) electrons. The van der Waals surface area contributed by atoms with E-state index < -0.39 is 6.10 Å². The lowest BCUT2D eigenvalue weighted by Crippen LogP contribution is -2.01. The molecule has 3 heteroatoms. The van der Waals surface area contributed by atoms with Crippen LogP contribution >= 0.6 is 27.5 Å². The highest BCUT2D eigenvalue weighted by atomic mass is 79.9. The molecule has 0 spiro atoms. The second-order valence-electron chi connectivity index (χ2n) is 5.39. The molecule has 0 saturated carbocycles. The van der Waals surface area contributed by atoms with Crippen LogP contribution in [-0.4, -0.2) is 5.11 Å². The summed E-state index contributed by atoms with van der Waals surface area (Å²) < 4.78 is 0.798. The summed E-state index contributed by atoms with van der Waals surface area (Å²) in [6.07, 6.45) is 0.349. The van der Waals surface area contributed by atoms with E-state index in [2.05, 4.69) is 41.9 Å². The van der Waals surface area contributed by atoms with E-state index in [0.717, 1.165) is 22.0 Å². The van der Waals surface area contributed by atoms with Crippen LogP contribution in [0.3, 0.4) is 0 Å². The van der Waals surface area contributed by atoms with Gasteiger partial charge in [-0.3, -0.25) is 0 Å². The van der Waals surface area contributed by atoms with Crippen molar-refractivity contribution in [2.75, 3.05) is 0 Å². The summed E-state index contributed by atoms with van der Waals surface area (Å²) in [5.41, 5.74) is 2.87. The Hall–Kier alpha value is -0.830. The number of aliphatic hydroxyl groups excluding tert-OH is 1.